The first-order chi connectivity index (χ1) is 22.0. The first-order valence-corrected chi connectivity index (χ1v) is 16.9. The number of hydrogen-bond donors (Lipinski definition) is 1. The molecule has 4 rings (SSSR count). The molecule has 0 aromatic heterocycles. The third-order valence-corrected chi connectivity index (χ3v) is 9.81. The van der Waals surface area contributed by atoms with Crippen LogP contribution >= 0.6 is 15.9 Å². The molecule has 0 unspecified atom stereocenters. The van der Waals surface area contributed by atoms with Gasteiger partial charge in [-0.15, -0.1) is 0 Å². The summed E-state index contributed by atoms with van der Waals surface area (Å²) in [6.07, 6.45) is 0.863. The van der Waals surface area contributed by atoms with E-state index in [0.29, 0.717) is 6.42 Å². The van der Waals surface area contributed by atoms with Crippen LogP contribution < -0.4 is 9.62 Å². The maximum Gasteiger partial charge on any atom is 0.269 e. The summed E-state index contributed by atoms with van der Waals surface area (Å²) in [4.78, 5) is 40.4. The number of sulfonamides is 1. The number of hydrogen-bond acceptors (Lipinski definition) is 6. The third-order valence-electron chi connectivity index (χ3n) is 7.50. The summed E-state index contributed by atoms with van der Waals surface area (Å²) < 4.78 is 29.8. The number of carbonyl (C=O) groups excluding carboxylic acids is 2. The molecule has 12 heteroatoms. The summed E-state index contributed by atoms with van der Waals surface area (Å²) in [6, 6.07) is 28.0. The van der Waals surface area contributed by atoms with E-state index >= 15 is 0 Å². The molecule has 0 fully saturated rings. The van der Waals surface area contributed by atoms with E-state index in [1.807, 2.05) is 68.4 Å². The lowest BCUT2D eigenvalue weighted by Gasteiger charge is -2.34. The zero-order chi connectivity index (χ0) is 33.3. The Hall–Kier alpha value is -4.55. The molecule has 2 amide bonds. The molecule has 4 aromatic carbocycles. The van der Waals surface area contributed by atoms with Gasteiger partial charge in [0.05, 0.1) is 15.5 Å². The van der Waals surface area contributed by atoms with Crippen molar-refractivity contribution >= 4 is 49.1 Å². The van der Waals surface area contributed by atoms with Crippen LogP contribution in [0.5, 0.6) is 0 Å². The second kappa shape index (κ2) is 15.6. The predicted octanol–water partition coefficient (Wildman–Crippen LogP) is 6.11. The number of rotatable bonds is 14. The normalized spacial score (nSPS) is 12.5. The fourth-order valence-electron chi connectivity index (χ4n) is 4.77. The van der Waals surface area contributed by atoms with Gasteiger partial charge in [0.1, 0.15) is 12.6 Å². The maximum atomic E-state index is 14.5. The minimum atomic E-state index is -4.31. The monoisotopic (exact) mass is 706 g/mol. The van der Waals surface area contributed by atoms with Gasteiger partial charge in [-0.1, -0.05) is 83.5 Å². The van der Waals surface area contributed by atoms with Crippen LogP contribution in [0.2, 0.25) is 0 Å². The van der Waals surface area contributed by atoms with Gasteiger partial charge in [0.25, 0.3) is 15.7 Å². The number of nitro groups is 1. The quantitative estimate of drug-likeness (QED) is 0.124. The molecule has 2 atom stereocenters. The van der Waals surface area contributed by atoms with Gasteiger partial charge in [-0.2, -0.15) is 0 Å². The molecule has 10 nitrogen and oxygen atoms in total. The zero-order valence-corrected chi connectivity index (χ0v) is 27.9. The van der Waals surface area contributed by atoms with Gasteiger partial charge >= 0.3 is 0 Å². The Bertz CT molecular complexity index is 1740. The predicted molar refractivity (Wildman–Crippen MR) is 181 cm³/mol. The second-order valence-electron chi connectivity index (χ2n) is 10.8. The van der Waals surface area contributed by atoms with E-state index in [2.05, 4.69) is 21.2 Å². The minimum absolute atomic E-state index is 0.0248. The van der Waals surface area contributed by atoms with Crippen LogP contribution in [0, 0.1) is 10.1 Å². The van der Waals surface area contributed by atoms with E-state index in [1.165, 1.54) is 41.3 Å². The summed E-state index contributed by atoms with van der Waals surface area (Å²) >= 11 is 3.43. The van der Waals surface area contributed by atoms with Gasteiger partial charge in [-0.25, -0.2) is 8.42 Å². The number of halogens is 1. The fourth-order valence-corrected chi connectivity index (χ4v) is 6.47. The molecule has 0 saturated carbocycles. The molecule has 0 saturated heterocycles. The number of non-ortho nitro benzene ring substituents is 1. The number of nitrogens with zero attached hydrogens (tertiary/aromatic N) is 3. The number of benzene rings is 4. The third kappa shape index (κ3) is 8.79. The van der Waals surface area contributed by atoms with E-state index in [0.717, 1.165) is 19.9 Å². The first-order valence-electron chi connectivity index (χ1n) is 14.7. The fraction of sp³-hybridized carbons (Fsp3) is 0.235. The average Bonchev–Trinajstić information content (AvgIpc) is 3.06. The van der Waals surface area contributed by atoms with E-state index in [-0.39, 0.29) is 41.2 Å². The standard InChI is InChI=1S/C34H35BrN4O6S/c1-3-25(2)36-34(41)32(22-26-10-6-4-7-11-26)37(23-27-14-16-28(35)17-15-27)33(40)24-38(29-18-20-30(21-19-29)39(42)43)46(44,45)31-12-8-5-9-13-31/h4-21,25,32H,3,22-24H2,1-2H3,(H,36,41)/t25-,32-/m1/s1. The van der Waals surface area contributed by atoms with Crippen molar-refractivity contribution in [3.05, 3.63) is 135 Å². The molecule has 0 radical (unpaired) electrons. The highest BCUT2D eigenvalue weighted by atomic mass is 79.9. The Labute approximate surface area is 277 Å². The van der Waals surface area contributed by atoms with Crippen LogP contribution in [-0.4, -0.2) is 48.7 Å². The number of amides is 2. The Morgan fingerprint density at radius 3 is 2.02 bits per heavy atom. The van der Waals surface area contributed by atoms with Crippen LogP contribution in [-0.2, 0) is 32.6 Å². The van der Waals surface area contributed by atoms with Gasteiger partial charge in [0.15, 0.2) is 0 Å². The van der Waals surface area contributed by atoms with Crippen LogP contribution in [0.1, 0.15) is 31.4 Å². The van der Waals surface area contributed by atoms with Crippen LogP contribution in [0.3, 0.4) is 0 Å². The summed E-state index contributed by atoms with van der Waals surface area (Å²) in [6.45, 7) is 3.18. The lowest BCUT2D eigenvalue weighted by atomic mass is 10.0. The van der Waals surface area contributed by atoms with E-state index < -0.39 is 33.4 Å². The maximum absolute atomic E-state index is 14.5. The smallest absolute Gasteiger partial charge is 0.269 e. The van der Waals surface area contributed by atoms with Crippen molar-refractivity contribution in [2.75, 3.05) is 10.8 Å². The highest BCUT2D eigenvalue weighted by Crippen LogP contribution is 2.27. The first kappa shape index (κ1) is 34.3. The molecule has 0 aliphatic carbocycles. The molecule has 0 bridgehead atoms. The topological polar surface area (TPSA) is 130 Å². The van der Waals surface area contributed by atoms with Crippen LogP contribution in [0.15, 0.2) is 119 Å². The molecular weight excluding hydrogens is 672 g/mol. The van der Waals surface area contributed by atoms with Gasteiger partial charge in [-0.05, 0) is 60.9 Å². The van der Waals surface area contributed by atoms with Gasteiger partial charge in [0, 0.05) is 35.6 Å². The number of carbonyl (C=O) groups is 2. The van der Waals surface area contributed by atoms with Gasteiger partial charge in [-0.3, -0.25) is 24.0 Å². The highest BCUT2D eigenvalue weighted by molar-refractivity contribution is 9.10. The molecular formula is C34H35BrN4O6S. The number of anilines is 1. The summed E-state index contributed by atoms with van der Waals surface area (Å²) in [5.41, 5.74) is 1.40. The Morgan fingerprint density at radius 2 is 1.46 bits per heavy atom. The number of nitro benzene ring substituents is 1. The largest absolute Gasteiger partial charge is 0.352 e. The molecule has 46 heavy (non-hydrogen) atoms. The molecule has 1 N–H and O–H groups in total. The van der Waals surface area contributed by atoms with Crippen LogP contribution in [0.25, 0.3) is 0 Å². The van der Waals surface area contributed by atoms with Gasteiger partial charge < -0.3 is 10.2 Å². The van der Waals surface area contributed by atoms with E-state index in [1.54, 1.807) is 18.2 Å². The van der Waals surface area contributed by atoms with Crippen molar-refractivity contribution in [3.63, 3.8) is 0 Å². The Balaban J connectivity index is 1.81. The summed E-state index contributed by atoms with van der Waals surface area (Å²) in [5, 5.41) is 14.3. The molecule has 4 aromatic rings. The van der Waals surface area contributed by atoms with E-state index in [9.17, 15) is 28.1 Å². The Morgan fingerprint density at radius 1 is 0.870 bits per heavy atom. The van der Waals surface area contributed by atoms with Crippen molar-refractivity contribution in [3.8, 4) is 0 Å². The van der Waals surface area contributed by atoms with Crippen molar-refractivity contribution in [2.45, 2.75) is 50.2 Å². The minimum Gasteiger partial charge on any atom is -0.352 e. The lowest BCUT2D eigenvalue weighted by Crippen LogP contribution is -2.54. The summed E-state index contributed by atoms with van der Waals surface area (Å²) in [7, 11) is -4.31. The number of nitrogens with one attached hydrogen (secondary N) is 1. The average molecular weight is 708 g/mol. The van der Waals surface area contributed by atoms with Crippen molar-refractivity contribution in [1.82, 2.24) is 10.2 Å². The lowest BCUT2D eigenvalue weighted by molar-refractivity contribution is -0.384. The molecule has 0 aliphatic rings. The highest BCUT2D eigenvalue weighted by Gasteiger charge is 2.35. The van der Waals surface area contributed by atoms with E-state index in [4.69, 9.17) is 0 Å². The molecule has 0 heterocycles. The SMILES string of the molecule is CC[C@@H](C)NC(=O)[C@@H](Cc1ccccc1)N(Cc1ccc(Br)cc1)C(=O)CN(c1ccc([N+](=O)[O-])cc1)S(=O)(=O)c1ccccc1. The van der Waals surface area contributed by atoms with Crippen LogP contribution in [0.4, 0.5) is 11.4 Å². The Kier molecular flexibility index (Phi) is 11.7. The molecule has 240 valence electrons. The van der Waals surface area contributed by atoms with Crippen molar-refractivity contribution in [2.24, 2.45) is 0 Å². The van der Waals surface area contributed by atoms with Gasteiger partial charge in [0.2, 0.25) is 11.8 Å². The molecule has 0 spiro atoms. The van der Waals surface area contributed by atoms with Crippen molar-refractivity contribution in [1.29, 1.82) is 0 Å². The molecule has 0 aliphatic heterocycles. The second-order valence-corrected chi connectivity index (χ2v) is 13.5. The summed E-state index contributed by atoms with van der Waals surface area (Å²) in [5.74, 6) is -0.988. The van der Waals surface area contributed by atoms with Crippen molar-refractivity contribution < 1.29 is 22.9 Å². The zero-order valence-electron chi connectivity index (χ0n) is 25.5.